The highest BCUT2D eigenvalue weighted by Crippen LogP contribution is 2.21. The van der Waals surface area contributed by atoms with Crippen LogP contribution in [0.4, 0.5) is 5.13 Å². The fourth-order valence-electron chi connectivity index (χ4n) is 3.06. The molecule has 0 aromatic carbocycles. The highest BCUT2D eigenvalue weighted by atomic mass is 32.2. The minimum Gasteiger partial charge on any atom is -0.377 e. The highest BCUT2D eigenvalue weighted by Gasteiger charge is 2.29. The van der Waals surface area contributed by atoms with E-state index in [1.165, 1.54) is 11.5 Å². The fourth-order valence-corrected chi connectivity index (χ4v) is 5.49. The summed E-state index contributed by atoms with van der Waals surface area (Å²) in [6.45, 7) is 5.13. The number of anilines is 1. The Morgan fingerprint density at radius 3 is 2.78 bits per heavy atom. The molecule has 0 bridgehead atoms. The normalized spacial score (nSPS) is 24.6. The third-order valence-electron chi connectivity index (χ3n) is 4.31. The van der Waals surface area contributed by atoms with Gasteiger partial charge in [-0.05, 0) is 32.6 Å². The molecule has 7 nitrogen and oxygen atoms in total. The maximum absolute atomic E-state index is 12.7. The van der Waals surface area contributed by atoms with Crippen LogP contribution < -0.4 is 4.90 Å². The molecule has 1 aromatic heterocycles. The molecule has 9 heteroatoms. The first-order valence-electron chi connectivity index (χ1n) is 8.19. The summed E-state index contributed by atoms with van der Waals surface area (Å²) in [5.74, 6) is 0.887. The summed E-state index contributed by atoms with van der Waals surface area (Å²) in [7, 11) is -3.26. The molecule has 0 aliphatic carbocycles. The zero-order valence-electron chi connectivity index (χ0n) is 13.5. The van der Waals surface area contributed by atoms with E-state index in [2.05, 4.69) is 14.3 Å². The van der Waals surface area contributed by atoms with E-state index in [4.69, 9.17) is 4.74 Å². The van der Waals surface area contributed by atoms with Crippen LogP contribution in [0.1, 0.15) is 31.5 Å². The third-order valence-corrected chi connectivity index (χ3v) is 7.12. The average Bonchev–Trinajstić information content (AvgIpc) is 2.81. The van der Waals surface area contributed by atoms with Crippen LogP contribution in [0.15, 0.2) is 0 Å². The number of aromatic nitrogens is 2. The van der Waals surface area contributed by atoms with Crippen molar-refractivity contribution in [3.63, 3.8) is 0 Å². The smallest absolute Gasteiger partial charge is 0.216 e. The molecule has 0 saturated carbocycles. The van der Waals surface area contributed by atoms with Gasteiger partial charge in [-0.3, -0.25) is 0 Å². The molecule has 1 aromatic rings. The van der Waals surface area contributed by atoms with E-state index < -0.39 is 10.0 Å². The Morgan fingerprint density at radius 2 is 2.09 bits per heavy atom. The maximum atomic E-state index is 12.7. The summed E-state index contributed by atoms with van der Waals surface area (Å²) in [6.07, 6.45) is 3.62. The average molecular weight is 361 g/mol. The largest absolute Gasteiger partial charge is 0.377 e. The monoisotopic (exact) mass is 360 g/mol. The standard InChI is InChI=1S/C14H24N4O3S2/c1-12-15-14(22-16-12)17-6-4-7-18(9-8-17)23(19,20)11-13-5-2-3-10-21-13/h13H,2-11H2,1H3. The number of aryl methyl sites for hydroxylation is 1. The molecule has 1 atom stereocenters. The molecule has 1 unspecified atom stereocenters. The minimum absolute atomic E-state index is 0.116. The first kappa shape index (κ1) is 17.1. The number of rotatable bonds is 4. The lowest BCUT2D eigenvalue weighted by Crippen LogP contribution is -2.40. The van der Waals surface area contributed by atoms with Crippen LogP contribution >= 0.6 is 11.5 Å². The van der Waals surface area contributed by atoms with Gasteiger partial charge in [-0.2, -0.15) is 4.37 Å². The Kier molecular flexibility index (Phi) is 5.50. The molecule has 2 aliphatic rings. The predicted octanol–water partition coefficient (Wildman–Crippen LogP) is 1.26. The Morgan fingerprint density at radius 1 is 1.22 bits per heavy atom. The van der Waals surface area contributed by atoms with Gasteiger partial charge in [0.2, 0.25) is 15.2 Å². The SMILES string of the molecule is Cc1nsc(N2CCCN(S(=O)(=O)CC3CCCCO3)CC2)n1. The van der Waals surface area contributed by atoms with Gasteiger partial charge in [0.25, 0.3) is 0 Å². The molecular weight excluding hydrogens is 336 g/mol. The van der Waals surface area contributed by atoms with Gasteiger partial charge >= 0.3 is 0 Å². The first-order chi connectivity index (χ1) is 11.0. The second-order valence-corrected chi connectivity index (χ2v) is 8.87. The van der Waals surface area contributed by atoms with Crippen LogP contribution in [0, 0.1) is 6.92 Å². The molecular formula is C14H24N4O3S2. The molecule has 2 aliphatic heterocycles. The van der Waals surface area contributed by atoms with Crippen LogP contribution in [-0.2, 0) is 14.8 Å². The minimum atomic E-state index is -3.26. The lowest BCUT2D eigenvalue weighted by atomic mass is 10.1. The summed E-state index contributed by atoms with van der Waals surface area (Å²) in [5.41, 5.74) is 0. The van der Waals surface area contributed by atoms with Gasteiger partial charge in [0.05, 0.1) is 11.9 Å². The van der Waals surface area contributed by atoms with E-state index in [0.29, 0.717) is 26.2 Å². The van der Waals surface area contributed by atoms with Crippen molar-refractivity contribution in [2.75, 3.05) is 43.4 Å². The van der Waals surface area contributed by atoms with Crippen molar-refractivity contribution in [3.05, 3.63) is 5.82 Å². The Hall–Kier alpha value is -0.770. The summed E-state index contributed by atoms with van der Waals surface area (Å²) in [5, 5.41) is 0.886. The molecule has 130 valence electrons. The first-order valence-corrected chi connectivity index (χ1v) is 10.6. The lowest BCUT2D eigenvalue weighted by Gasteiger charge is -2.26. The number of hydrogen-bond donors (Lipinski definition) is 0. The maximum Gasteiger partial charge on any atom is 0.216 e. The van der Waals surface area contributed by atoms with Crippen LogP contribution in [0.25, 0.3) is 0 Å². The number of sulfonamides is 1. The van der Waals surface area contributed by atoms with Crippen LogP contribution in [0.3, 0.4) is 0 Å². The van der Waals surface area contributed by atoms with Crippen molar-refractivity contribution in [3.8, 4) is 0 Å². The zero-order chi connectivity index (χ0) is 16.3. The number of ether oxygens (including phenoxy) is 1. The van der Waals surface area contributed by atoms with Gasteiger partial charge in [0.1, 0.15) is 5.82 Å². The third kappa shape index (κ3) is 4.40. The van der Waals surface area contributed by atoms with E-state index in [9.17, 15) is 8.42 Å². The van der Waals surface area contributed by atoms with Gasteiger partial charge in [0, 0.05) is 44.3 Å². The molecule has 0 N–H and O–H groups in total. The molecule has 0 radical (unpaired) electrons. The van der Waals surface area contributed by atoms with Crippen molar-refractivity contribution < 1.29 is 13.2 Å². The van der Waals surface area contributed by atoms with Crippen molar-refractivity contribution in [1.29, 1.82) is 0 Å². The van der Waals surface area contributed by atoms with Crippen LogP contribution in [0.5, 0.6) is 0 Å². The molecule has 3 heterocycles. The lowest BCUT2D eigenvalue weighted by molar-refractivity contribution is 0.0299. The Bertz CT molecular complexity index is 613. The second-order valence-electron chi connectivity index (χ2n) is 6.13. The Balaban J connectivity index is 1.60. The van der Waals surface area contributed by atoms with Gasteiger partial charge in [0.15, 0.2) is 0 Å². The molecule has 2 fully saturated rings. The van der Waals surface area contributed by atoms with E-state index in [-0.39, 0.29) is 11.9 Å². The van der Waals surface area contributed by atoms with Gasteiger partial charge < -0.3 is 9.64 Å². The highest BCUT2D eigenvalue weighted by molar-refractivity contribution is 7.89. The summed E-state index contributed by atoms with van der Waals surface area (Å²) >= 11 is 1.38. The second kappa shape index (κ2) is 7.42. The zero-order valence-corrected chi connectivity index (χ0v) is 15.1. The van der Waals surface area contributed by atoms with Crippen LogP contribution in [0.2, 0.25) is 0 Å². The van der Waals surface area contributed by atoms with Gasteiger partial charge in [-0.15, -0.1) is 0 Å². The molecule has 0 amide bonds. The predicted molar refractivity (Wildman–Crippen MR) is 90.4 cm³/mol. The summed E-state index contributed by atoms with van der Waals surface area (Å²) in [6, 6.07) is 0. The summed E-state index contributed by atoms with van der Waals surface area (Å²) in [4.78, 5) is 6.54. The van der Waals surface area contributed by atoms with E-state index >= 15 is 0 Å². The van der Waals surface area contributed by atoms with Gasteiger partial charge in [-0.1, -0.05) is 0 Å². The topological polar surface area (TPSA) is 75.6 Å². The molecule has 23 heavy (non-hydrogen) atoms. The quantitative estimate of drug-likeness (QED) is 0.805. The van der Waals surface area contributed by atoms with Crippen molar-refractivity contribution in [2.24, 2.45) is 0 Å². The number of hydrogen-bond acceptors (Lipinski definition) is 7. The van der Waals surface area contributed by atoms with Crippen molar-refractivity contribution in [1.82, 2.24) is 13.7 Å². The van der Waals surface area contributed by atoms with E-state index in [0.717, 1.165) is 43.2 Å². The van der Waals surface area contributed by atoms with E-state index in [1.807, 2.05) is 6.92 Å². The van der Waals surface area contributed by atoms with E-state index in [1.54, 1.807) is 4.31 Å². The molecule has 0 spiro atoms. The summed E-state index contributed by atoms with van der Waals surface area (Å²) < 4.78 is 36.7. The fraction of sp³-hybridized carbons (Fsp3) is 0.857. The van der Waals surface area contributed by atoms with Crippen LogP contribution in [-0.4, -0.2) is 66.7 Å². The van der Waals surface area contributed by atoms with Crippen molar-refractivity contribution >= 4 is 26.7 Å². The van der Waals surface area contributed by atoms with Gasteiger partial charge in [-0.25, -0.2) is 17.7 Å². The molecule has 3 rings (SSSR count). The Labute approximate surface area is 141 Å². The van der Waals surface area contributed by atoms with Crippen molar-refractivity contribution in [2.45, 2.75) is 38.7 Å². The number of nitrogens with zero attached hydrogens (tertiary/aromatic N) is 4. The molecule has 2 saturated heterocycles.